The van der Waals surface area contributed by atoms with Crippen molar-refractivity contribution in [2.24, 2.45) is 0 Å². The van der Waals surface area contributed by atoms with Crippen LogP contribution in [-0.4, -0.2) is 4.98 Å². The lowest BCUT2D eigenvalue weighted by Gasteiger charge is -2.03. The van der Waals surface area contributed by atoms with Crippen molar-refractivity contribution in [1.82, 2.24) is 4.98 Å². The summed E-state index contributed by atoms with van der Waals surface area (Å²) in [4.78, 5) is 5.76. The van der Waals surface area contributed by atoms with Gasteiger partial charge in [0.15, 0.2) is 0 Å². The monoisotopic (exact) mass is 267 g/mol. The average molecular weight is 267 g/mol. The van der Waals surface area contributed by atoms with Crippen LogP contribution in [-0.2, 0) is 0 Å². The fourth-order valence-electron chi connectivity index (χ4n) is 2.21. The van der Waals surface area contributed by atoms with Crippen LogP contribution in [0.15, 0.2) is 42.6 Å². The Hall–Kier alpha value is -1.67. The fraction of sp³-hybridized carbons (Fsp3) is 0.235. The predicted octanol–water partition coefficient (Wildman–Crippen LogP) is 5.40. The van der Waals surface area contributed by atoms with E-state index in [1.54, 1.807) is 11.3 Å². The summed E-state index contributed by atoms with van der Waals surface area (Å²) < 4.78 is 0. The molecule has 19 heavy (non-hydrogen) atoms. The number of aryl methyl sites for hydroxylation is 1. The molecule has 0 saturated heterocycles. The molecule has 3 rings (SSSR count). The van der Waals surface area contributed by atoms with Gasteiger partial charge in [0.1, 0.15) is 0 Å². The van der Waals surface area contributed by atoms with Crippen LogP contribution in [0, 0.1) is 6.92 Å². The van der Waals surface area contributed by atoms with Crippen molar-refractivity contribution < 1.29 is 0 Å². The van der Waals surface area contributed by atoms with Crippen LogP contribution < -0.4 is 0 Å². The Bertz CT molecular complexity index is 725. The number of hydrogen-bond donors (Lipinski definition) is 0. The molecule has 0 amide bonds. The topological polar surface area (TPSA) is 12.9 Å². The second-order valence-electron chi connectivity index (χ2n) is 5.28. The molecule has 1 aromatic heterocycles. The van der Waals surface area contributed by atoms with E-state index in [1.807, 2.05) is 6.20 Å². The van der Waals surface area contributed by atoms with Gasteiger partial charge in [0.25, 0.3) is 0 Å². The van der Waals surface area contributed by atoms with Crippen LogP contribution in [0.2, 0.25) is 0 Å². The maximum Gasteiger partial charge on any atom is 0.0956 e. The van der Waals surface area contributed by atoms with Crippen molar-refractivity contribution >= 4 is 22.1 Å². The van der Waals surface area contributed by atoms with Crippen LogP contribution >= 0.6 is 11.3 Å². The van der Waals surface area contributed by atoms with E-state index in [0.29, 0.717) is 5.92 Å². The third kappa shape index (κ3) is 2.41. The molecule has 1 heterocycles. The van der Waals surface area contributed by atoms with Crippen LogP contribution in [0.25, 0.3) is 21.2 Å². The average Bonchev–Trinajstić information content (AvgIpc) is 2.87. The summed E-state index contributed by atoms with van der Waals surface area (Å²) in [5, 5.41) is 3.80. The quantitative estimate of drug-likeness (QED) is 0.606. The highest BCUT2D eigenvalue weighted by molar-refractivity contribution is 7.15. The van der Waals surface area contributed by atoms with Crippen molar-refractivity contribution in [1.29, 1.82) is 0 Å². The first-order chi connectivity index (χ1) is 9.13. The molecule has 0 spiro atoms. The van der Waals surface area contributed by atoms with Gasteiger partial charge in [-0.25, -0.2) is 4.98 Å². The molecule has 2 aromatic carbocycles. The third-order valence-corrected chi connectivity index (χ3v) is 4.64. The van der Waals surface area contributed by atoms with Crippen molar-refractivity contribution in [3.8, 4) is 10.4 Å². The second-order valence-corrected chi connectivity index (χ2v) is 6.35. The van der Waals surface area contributed by atoms with Gasteiger partial charge < -0.3 is 0 Å². The molecule has 0 unspecified atom stereocenters. The molecular formula is C17H17NS. The molecule has 0 saturated carbocycles. The zero-order valence-electron chi connectivity index (χ0n) is 11.5. The van der Waals surface area contributed by atoms with Crippen LogP contribution in [0.5, 0.6) is 0 Å². The van der Waals surface area contributed by atoms with E-state index >= 15 is 0 Å². The summed E-state index contributed by atoms with van der Waals surface area (Å²) in [7, 11) is 0. The minimum atomic E-state index is 0.501. The molecule has 0 aliphatic carbocycles. The van der Waals surface area contributed by atoms with E-state index in [2.05, 4.69) is 62.2 Å². The van der Waals surface area contributed by atoms with E-state index in [4.69, 9.17) is 0 Å². The molecule has 1 nitrogen and oxygen atoms in total. The Balaban J connectivity index is 2.08. The SMILES string of the molecule is Cc1ccc2ccc(-c3cnc(C(C)C)s3)cc2c1. The molecule has 3 aromatic rings. The lowest BCUT2D eigenvalue weighted by molar-refractivity contribution is 0.852. The zero-order valence-corrected chi connectivity index (χ0v) is 12.3. The molecule has 0 atom stereocenters. The zero-order chi connectivity index (χ0) is 13.4. The Morgan fingerprint density at radius 1 is 1.00 bits per heavy atom. The molecule has 0 fully saturated rings. The number of nitrogens with zero attached hydrogens (tertiary/aromatic N) is 1. The minimum Gasteiger partial charge on any atom is -0.249 e. The summed E-state index contributed by atoms with van der Waals surface area (Å²) in [6.07, 6.45) is 2.00. The van der Waals surface area contributed by atoms with Crippen molar-refractivity contribution in [2.75, 3.05) is 0 Å². The van der Waals surface area contributed by atoms with E-state index in [9.17, 15) is 0 Å². The van der Waals surface area contributed by atoms with Crippen LogP contribution in [0.4, 0.5) is 0 Å². The van der Waals surface area contributed by atoms with Gasteiger partial charge >= 0.3 is 0 Å². The molecule has 0 radical (unpaired) electrons. The van der Waals surface area contributed by atoms with Crippen molar-refractivity contribution in [3.63, 3.8) is 0 Å². The number of hydrogen-bond acceptors (Lipinski definition) is 2. The van der Waals surface area contributed by atoms with Gasteiger partial charge in [-0.15, -0.1) is 11.3 Å². The number of aromatic nitrogens is 1. The smallest absolute Gasteiger partial charge is 0.0956 e. The van der Waals surface area contributed by atoms with Gasteiger partial charge in [0, 0.05) is 12.1 Å². The first-order valence-corrected chi connectivity index (χ1v) is 7.41. The summed E-state index contributed by atoms with van der Waals surface area (Å²) in [5.41, 5.74) is 2.57. The van der Waals surface area contributed by atoms with E-state index in [1.165, 1.54) is 31.8 Å². The normalized spacial score (nSPS) is 11.4. The van der Waals surface area contributed by atoms with Crippen LogP contribution in [0.3, 0.4) is 0 Å². The second kappa shape index (κ2) is 4.78. The van der Waals surface area contributed by atoms with E-state index in [0.717, 1.165) is 0 Å². The molecule has 96 valence electrons. The van der Waals surface area contributed by atoms with Gasteiger partial charge in [-0.05, 0) is 29.3 Å². The number of thiazole rings is 1. The van der Waals surface area contributed by atoms with Gasteiger partial charge in [0.05, 0.1) is 9.88 Å². The van der Waals surface area contributed by atoms with E-state index < -0.39 is 0 Å². The number of fused-ring (bicyclic) bond motifs is 1. The molecular weight excluding hydrogens is 250 g/mol. The third-order valence-electron chi connectivity index (χ3n) is 3.30. The van der Waals surface area contributed by atoms with Gasteiger partial charge in [-0.2, -0.15) is 0 Å². The Morgan fingerprint density at radius 3 is 2.53 bits per heavy atom. The molecule has 2 heteroatoms. The van der Waals surface area contributed by atoms with Crippen molar-refractivity contribution in [3.05, 3.63) is 53.2 Å². The Kier molecular flexibility index (Phi) is 3.11. The highest BCUT2D eigenvalue weighted by Gasteiger charge is 2.08. The number of rotatable bonds is 2. The summed E-state index contributed by atoms with van der Waals surface area (Å²) >= 11 is 1.80. The molecule has 0 aliphatic rings. The number of benzene rings is 2. The van der Waals surface area contributed by atoms with Gasteiger partial charge in [0.2, 0.25) is 0 Å². The highest BCUT2D eigenvalue weighted by atomic mass is 32.1. The first kappa shape index (κ1) is 12.4. The standard InChI is InChI=1S/C17H17NS/c1-11(2)17-18-10-16(19-17)14-7-6-13-5-4-12(3)8-15(13)9-14/h4-11H,1-3H3. The molecule has 0 bridgehead atoms. The lowest BCUT2D eigenvalue weighted by Crippen LogP contribution is -1.81. The van der Waals surface area contributed by atoms with E-state index in [-0.39, 0.29) is 0 Å². The summed E-state index contributed by atoms with van der Waals surface area (Å²) in [5.74, 6) is 0.501. The Labute approximate surface area is 117 Å². The van der Waals surface area contributed by atoms with Gasteiger partial charge in [-0.3, -0.25) is 0 Å². The first-order valence-electron chi connectivity index (χ1n) is 6.60. The summed E-state index contributed by atoms with van der Waals surface area (Å²) in [6.45, 7) is 6.51. The highest BCUT2D eigenvalue weighted by Crippen LogP contribution is 2.31. The van der Waals surface area contributed by atoms with Gasteiger partial charge in [-0.1, -0.05) is 49.7 Å². The van der Waals surface area contributed by atoms with Crippen molar-refractivity contribution in [2.45, 2.75) is 26.7 Å². The minimum absolute atomic E-state index is 0.501. The fourth-order valence-corrected chi connectivity index (χ4v) is 3.12. The lowest BCUT2D eigenvalue weighted by atomic mass is 10.0. The summed E-state index contributed by atoms with van der Waals surface area (Å²) in [6, 6.07) is 13.2. The van der Waals surface area contributed by atoms with Crippen LogP contribution in [0.1, 0.15) is 30.3 Å². The maximum atomic E-state index is 4.51. The largest absolute Gasteiger partial charge is 0.249 e. The molecule has 0 aliphatic heterocycles. The predicted molar refractivity (Wildman–Crippen MR) is 83.9 cm³/mol. The Morgan fingerprint density at radius 2 is 1.79 bits per heavy atom. The maximum absolute atomic E-state index is 4.51. The molecule has 0 N–H and O–H groups in total.